The lowest BCUT2D eigenvalue weighted by atomic mass is 9.96. The molecule has 140 valence electrons. The van der Waals surface area contributed by atoms with Crippen LogP contribution in [0.25, 0.3) is 11.0 Å². The molecule has 2 saturated carbocycles. The lowest BCUT2D eigenvalue weighted by Crippen LogP contribution is -2.16. The molecule has 1 aromatic carbocycles. The molecular weight excluding hydrogens is 341 g/mol. The van der Waals surface area contributed by atoms with Gasteiger partial charge >= 0.3 is 6.18 Å². The Kier molecular flexibility index (Phi) is 4.53. The van der Waals surface area contributed by atoms with Crippen molar-refractivity contribution in [2.75, 3.05) is 0 Å². The van der Waals surface area contributed by atoms with Crippen LogP contribution in [0.3, 0.4) is 0 Å². The third-order valence-electron chi connectivity index (χ3n) is 6.07. The van der Waals surface area contributed by atoms with Crippen LogP contribution < -0.4 is 5.56 Å². The summed E-state index contributed by atoms with van der Waals surface area (Å²) < 4.78 is 38.3. The van der Waals surface area contributed by atoms with Crippen LogP contribution in [0.2, 0.25) is 0 Å². The van der Waals surface area contributed by atoms with Crippen molar-refractivity contribution in [3.05, 3.63) is 39.8 Å². The largest absolute Gasteiger partial charge is 0.416 e. The minimum atomic E-state index is -4.43. The van der Waals surface area contributed by atoms with E-state index >= 15 is 0 Å². The number of rotatable bonds is 6. The first-order valence-electron chi connectivity index (χ1n) is 9.52. The van der Waals surface area contributed by atoms with Gasteiger partial charge in [0.15, 0.2) is 0 Å². The Morgan fingerprint density at radius 2 is 2.00 bits per heavy atom. The molecule has 2 aliphatic carbocycles. The van der Waals surface area contributed by atoms with Crippen molar-refractivity contribution in [1.82, 2.24) is 9.97 Å². The van der Waals surface area contributed by atoms with Crippen LogP contribution in [0, 0.1) is 17.8 Å². The van der Waals surface area contributed by atoms with Crippen molar-refractivity contribution in [2.24, 2.45) is 17.8 Å². The van der Waals surface area contributed by atoms with E-state index in [0.717, 1.165) is 42.7 Å². The summed E-state index contributed by atoms with van der Waals surface area (Å²) in [6.07, 6.45) is 4.84. The molecule has 0 aliphatic heterocycles. The highest BCUT2D eigenvalue weighted by Gasteiger charge is 2.47. The van der Waals surface area contributed by atoms with Crippen LogP contribution >= 0.6 is 0 Å². The summed E-state index contributed by atoms with van der Waals surface area (Å²) in [5.74, 6) is 2.95. The molecule has 0 saturated heterocycles. The van der Waals surface area contributed by atoms with E-state index in [-0.39, 0.29) is 11.1 Å². The standard InChI is InChI=1S/C20H23F3N2O/c21-20(22,23)14-8-9-16-18(11-14)25-19(26)17(24-16)5-3-1-2-4-12-6-7-13-10-15(12)13/h8-9,11-13,15H,1-7,10H2,(H,25,26). The highest BCUT2D eigenvalue weighted by molar-refractivity contribution is 5.75. The van der Waals surface area contributed by atoms with Crippen LogP contribution in [0.5, 0.6) is 0 Å². The van der Waals surface area contributed by atoms with Gasteiger partial charge in [0.1, 0.15) is 5.69 Å². The van der Waals surface area contributed by atoms with Gasteiger partial charge in [-0.3, -0.25) is 4.79 Å². The van der Waals surface area contributed by atoms with Gasteiger partial charge in [-0.2, -0.15) is 13.2 Å². The minimum Gasteiger partial charge on any atom is -0.319 e. The number of hydrogen-bond acceptors (Lipinski definition) is 2. The zero-order valence-electron chi connectivity index (χ0n) is 14.6. The summed E-state index contributed by atoms with van der Waals surface area (Å²) in [5.41, 5.74) is -0.207. The third kappa shape index (κ3) is 3.64. The molecule has 2 fully saturated rings. The normalized spacial score (nSPS) is 24.8. The summed E-state index contributed by atoms with van der Waals surface area (Å²) in [4.78, 5) is 18.9. The Morgan fingerprint density at radius 3 is 2.69 bits per heavy atom. The maximum absolute atomic E-state index is 12.8. The van der Waals surface area contributed by atoms with Crippen molar-refractivity contribution in [3.8, 4) is 0 Å². The number of nitrogens with one attached hydrogen (secondary N) is 1. The van der Waals surface area contributed by atoms with Gasteiger partial charge in [-0.15, -0.1) is 0 Å². The summed E-state index contributed by atoms with van der Waals surface area (Å²) >= 11 is 0. The molecule has 1 aromatic heterocycles. The molecule has 2 aliphatic rings. The van der Waals surface area contributed by atoms with E-state index in [1.807, 2.05) is 0 Å². The zero-order chi connectivity index (χ0) is 18.3. The summed E-state index contributed by atoms with van der Waals surface area (Å²) in [7, 11) is 0. The van der Waals surface area contributed by atoms with E-state index in [0.29, 0.717) is 17.6 Å². The molecule has 0 amide bonds. The number of alkyl halides is 3. The summed E-state index contributed by atoms with van der Waals surface area (Å²) in [6, 6.07) is 3.27. The van der Waals surface area contributed by atoms with E-state index < -0.39 is 11.7 Å². The average Bonchev–Trinajstić information content (AvgIpc) is 3.27. The molecule has 2 aromatic rings. The number of aryl methyl sites for hydroxylation is 1. The van der Waals surface area contributed by atoms with Crippen molar-refractivity contribution in [1.29, 1.82) is 0 Å². The molecule has 3 atom stereocenters. The smallest absolute Gasteiger partial charge is 0.319 e. The van der Waals surface area contributed by atoms with Gasteiger partial charge < -0.3 is 4.98 Å². The van der Waals surface area contributed by atoms with Gasteiger partial charge in [0.25, 0.3) is 5.56 Å². The van der Waals surface area contributed by atoms with E-state index in [2.05, 4.69) is 9.97 Å². The lowest BCUT2D eigenvalue weighted by molar-refractivity contribution is -0.137. The van der Waals surface area contributed by atoms with Crippen molar-refractivity contribution < 1.29 is 13.2 Å². The van der Waals surface area contributed by atoms with E-state index in [1.165, 1.54) is 38.2 Å². The first-order valence-corrected chi connectivity index (χ1v) is 9.52. The first kappa shape index (κ1) is 17.6. The second-order valence-electron chi connectivity index (χ2n) is 7.84. The fraction of sp³-hybridized carbons (Fsp3) is 0.600. The Balaban J connectivity index is 1.34. The minimum absolute atomic E-state index is 0.133. The molecule has 0 bridgehead atoms. The topological polar surface area (TPSA) is 45.8 Å². The zero-order valence-corrected chi connectivity index (χ0v) is 14.6. The molecule has 6 heteroatoms. The van der Waals surface area contributed by atoms with Gasteiger partial charge in [-0.25, -0.2) is 4.98 Å². The Hall–Kier alpha value is -1.85. The quantitative estimate of drug-likeness (QED) is 0.726. The number of nitrogens with zero attached hydrogens (tertiary/aromatic N) is 1. The highest BCUT2D eigenvalue weighted by atomic mass is 19.4. The Labute approximate surface area is 150 Å². The number of hydrogen-bond donors (Lipinski definition) is 1. The summed E-state index contributed by atoms with van der Waals surface area (Å²) in [6.45, 7) is 0. The third-order valence-corrected chi connectivity index (χ3v) is 6.07. The molecular formula is C20H23F3N2O. The van der Waals surface area contributed by atoms with E-state index in [4.69, 9.17) is 0 Å². The molecule has 0 spiro atoms. The molecule has 3 unspecified atom stereocenters. The van der Waals surface area contributed by atoms with Crippen molar-refractivity contribution in [2.45, 2.75) is 57.5 Å². The number of aromatic nitrogens is 2. The van der Waals surface area contributed by atoms with Gasteiger partial charge in [0.2, 0.25) is 0 Å². The number of H-pyrrole nitrogens is 1. The van der Waals surface area contributed by atoms with Crippen LogP contribution in [-0.2, 0) is 12.6 Å². The highest BCUT2D eigenvalue weighted by Crippen LogP contribution is 2.56. The first-order chi connectivity index (χ1) is 12.4. The number of halogens is 3. The number of aromatic amines is 1. The Morgan fingerprint density at radius 1 is 1.15 bits per heavy atom. The summed E-state index contributed by atoms with van der Waals surface area (Å²) in [5, 5.41) is 0. The maximum atomic E-state index is 12.8. The monoisotopic (exact) mass is 364 g/mol. The van der Waals surface area contributed by atoms with Crippen molar-refractivity contribution >= 4 is 11.0 Å². The van der Waals surface area contributed by atoms with Crippen LogP contribution in [-0.4, -0.2) is 9.97 Å². The molecule has 3 nitrogen and oxygen atoms in total. The lowest BCUT2D eigenvalue weighted by Gasteiger charge is -2.11. The van der Waals surface area contributed by atoms with E-state index in [9.17, 15) is 18.0 Å². The predicted molar refractivity (Wildman–Crippen MR) is 93.9 cm³/mol. The van der Waals surface area contributed by atoms with Gasteiger partial charge in [-0.05, 0) is 68.1 Å². The fourth-order valence-corrected chi connectivity index (χ4v) is 4.53. The molecule has 0 radical (unpaired) electrons. The van der Waals surface area contributed by atoms with Crippen LogP contribution in [0.1, 0.15) is 56.2 Å². The molecule has 1 heterocycles. The SMILES string of the molecule is O=c1[nH]c2cc(C(F)(F)F)ccc2nc1CCCCCC1CCC2CC12. The van der Waals surface area contributed by atoms with Gasteiger partial charge in [0, 0.05) is 0 Å². The average molecular weight is 364 g/mol. The second-order valence-corrected chi connectivity index (χ2v) is 7.84. The van der Waals surface area contributed by atoms with E-state index in [1.54, 1.807) is 0 Å². The van der Waals surface area contributed by atoms with Crippen molar-refractivity contribution in [3.63, 3.8) is 0 Å². The van der Waals surface area contributed by atoms with Gasteiger partial charge in [-0.1, -0.05) is 19.3 Å². The molecule has 1 N–H and O–H groups in total. The number of benzene rings is 1. The van der Waals surface area contributed by atoms with Crippen LogP contribution in [0.4, 0.5) is 13.2 Å². The van der Waals surface area contributed by atoms with Crippen LogP contribution in [0.15, 0.2) is 23.0 Å². The molecule has 26 heavy (non-hydrogen) atoms. The Bertz CT molecular complexity index is 858. The number of fused-ring (bicyclic) bond motifs is 2. The molecule has 4 rings (SSSR count). The number of unbranched alkanes of at least 4 members (excludes halogenated alkanes) is 2. The van der Waals surface area contributed by atoms with Gasteiger partial charge in [0.05, 0.1) is 16.6 Å². The fourth-order valence-electron chi connectivity index (χ4n) is 4.53. The maximum Gasteiger partial charge on any atom is 0.416 e. The second kappa shape index (κ2) is 6.71. The predicted octanol–water partition coefficient (Wildman–Crippen LogP) is 5.09.